The number of nitrogens with zero attached hydrogens (tertiary/aromatic N) is 5. The molecule has 3 saturated heterocycles. The van der Waals surface area contributed by atoms with Gasteiger partial charge >= 0.3 is 6.01 Å². The van der Waals surface area contributed by atoms with E-state index in [1.165, 1.54) is 12.1 Å². The first-order chi connectivity index (χ1) is 21.3. The van der Waals surface area contributed by atoms with Gasteiger partial charge in [-0.25, -0.2) is 13.2 Å². The van der Waals surface area contributed by atoms with Gasteiger partial charge in [0.2, 0.25) is 0 Å². The molecule has 0 spiro atoms. The van der Waals surface area contributed by atoms with E-state index in [9.17, 15) is 14.0 Å². The van der Waals surface area contributed by atoms with Crippen molar-refractivity contribution in [3.63, 3.8) is 0 Å². The summed E-state index contributed by atoms with van der Waals surface area (Å²) in [6.07, 6.45) is 1.18. The van der Waals surface area contributed by atoms with Gasteiger partial charge in [-0.1, -0.05) is 17.7 Å². The molecule has 4 aromatic rings. The Morgan fingerprint density at radius 2 is 2.09 bits per heavy atom. The van der Waals surface area contributed by atoms with E-state index in [0.717, 1.165) is 30.7 Å². The van der Waals surface area contributed by atoms with Gasteiger partial charge in [-0.3, -0.25) is 4.90 Å². The third-order valence-corrected chi connectivity index (χ3v) is 10.8. The Kier molecular flexibility index (Phi) is 6.50. The van der Waals surface area contributed by atoms with Gasteiger partial charge in [0.05, 0.1) is 38.8 Å². The summed E-state index contributed by atoms with van der Waals surface area (Å²) in [7, 11) is 0. The second kappa shape index (κ2) is 10.2. The normalized spacial score (nSPS) is 23.4. The highest BCUT2D eigenvalue weighted by molar-refractivity contribution is 7.23. The predicted molar refractivity (Wildman–Crippen MR) is 162 cm³/mol. The molecule has 4 aliphatic heterocycles. The van der Waals surface area contributed by atoms with Crippen LogP contribution < -0.4 is 25.4 Å². The van der Waals surface area contributed by atoms with E-state index in [-0.39, 0.29) is 73.3 Å². The lowest BCUT2D eigenvalue weighted by atomic mass is 9.95. The molecule has 44 heavy (non-hydrogen) atoms. The van der Waals surface area contributed by atoms with E-state index in [1.807, 2.05) is 6.07 Å². The Labute approximate surface area is 259 Å². The number of benzene rings is 2. The third kappa shape index (κ3) is 4.04. The summed E-state index contributed by atoms with van der Waals surface area (Å²) in [6.45, 7) is 3.48. The molecule has 3 fully saturated rings. The molecule has 0 radical (unpaired) electrons. The fourth-order valence-electron chi connectivity index (χ4n) is 7.24. The van der Waals surface area contributed by atoms with E-state index < -0.39 is 23.3 Å². The molecule has 0 bridgehead atoms. The molecular weight excluding hydrogens is 615 g/mol. The number of nitriles is 1. The Bertz CT molecular complexity index is 1900. The van der Waals surface area contributed by atoms with Gasteiger partial charge in [0.15, 0.2) is 11.6 Å². The minimum absolute atomic E-state index is 0.0323. The maximum atomic E-state index is 17.0. The smallest absolute Gasteiger partial charge is 0.319 e. The Hall–Kier alpha value is -3.57. The van der Waals surface area contributed by atoms with Crippen LogP contribution in [-0.4, -0.2) is 78.6 Å². The van der Waals surface area contributed by atoms with Gasteiger partial charge in [-0.2, -0.15) is 15.2 Å². The van der Waals surface area contributed by atoms with Crippen LogP contribution in [0.3, 0.4) is 0 Å². The van der Waals surface area contributed by atoms with Crippen LogP contribution in [0.5, 0.6) is 11.8 Å². The first kappa shape index (κ1) is 27.9. The van der Waals surface area contributed by atoms with E-state index in [1.54, 1.807) is 0 Å². The van der Waals surface area contributed by atoms with Crippen molar-refractivity contribution in [2.24, 2.45) is 0 Å². The highest BCUT2D eigenvalue weighted by Crippen LogP contribution is 2.51. The van der Waals surface area contributed by atoms with E-state index >= 15 is 4.39 Å². The predicted octanol–water partition coefficient (Wildman–Crippen LogP) is 5.02. The van der Waals surface area contributed by atoms with Crippen molar-refractivity contribution in [3.8, 4) is 29.0 Å². The van der Waals surface area contributed by atoms with Gasteiger partial charge in [0.25, 0.3) is 0 Å². The number of anilines is 2. The van der Waals surface area contributed by atoms with Crippen molar-refractivity contribution in [1.82, 2.24) is 20.2 Å². The molecule has 0 saturated carbocycles. The lowest BCUT2D eigenvalue weighted by molar-refractivity contribution is 0.107. The van der Waals surface area contributed by atoms with Crippen LogP contribution in [0.2, 0.25) is 5.02 Å². The van der Waals surface area contributed by atoms with Crippen molar-refractivity contribution >= 4 is 54.7 Å². The lowest BCUT2D eigenvalue weighted by Gasteiger charge is -2.38. The lowest BCUT2D eigenvalue weighted by Crippen LogP contribution is -2.58. The number of hydrogen-bond donors (Lipinski definition) is 2. The topological polar surface area (TPSA) is 113 Å². The second-order valence-corrected chi connectivity index (χ2v) is 13.3. The van der Waals surface area contributed by atoms with Crippen molar-refractivity contribution in [1.29, 1.82) is 5.26 Å². The van der Waals surface area contributed by atoms with E-state index in [4.69, 9.17) is 31.8 Å². The molecule has 0 unspecified atom stereocenters. The fraction of sp³-hybridized carbons (Fsp3) is 0.433. The number of ether oxygens (including phenoxy) is 2. The minimum atomic E-state index is -0.929. The fourth-order valence-corrected chi connectivity index (χ4v) is 8.52. The molecule has 2 aromatic heterocycles. The molecular formula is C30H27ClF3N7O2S. The number of hydrogen-bond acceptors (Lipinski definition) is 10. The summed E-state index contributed by atoms with van der Waals surface area (Å²) in [4.78, 5) is 13.5. The third-order valence-electron chi connectivity index (χ3n) is 9.42. The van der Waals surface area contributed by atoms with Gasteiger partial charge in [0, 0.05) is 37.0 Å². The number of nitrogens with one attached hydrogen (secondary N) is 1. The molecule has 9 nitrogen and oxygen atoms in total. The van der Waals surface area contributed by atoms with Crippen LogP contribution in [0.15, 0.2) is 12.1 Å². The van der Waals surface area contributed by atoms with E-state index in [0.29, 0.717) is 43.8 Å². The quantitative estimate of drug-likeness (QED) is 0.310. The zero-order valence-corrected chi connectivity index (χ0v) is 25.0. The Balaban J connectivity index is 1.34. The molecule has 3 N–H and O–H groups in total. The standard InChI is InChI=1S/C30H27ClF3N7O2S/c31-22-20(16-2-3-18(33)26-19(16)17(9-35)27(36)44-26)23(34)24-21-25(22)42-7-6-41(15-10-37-11-15)28(21)39-29(38-24)43-13-30-4-1-5-40(30)12-14(32)8-30/h2-3,14-15,37H,1,4-8,10-13,36H2/t14-,30+/m1/s1. The largest absolute Gasteiger partial charge is 0.489 e. The second-order valence-electron chi connectivity index (χ2n) is 11.9. The van der Waals surface area contributed by atoms with Gasteiger partial charge in [0.1, 0.15) is 47.6 Å². The molecule has 0 aliphatic carbocycles. The highest BCUT2D eigenvalue weighted by Gasteiger charge is 2.49. The van der Waals surface area contributed by atoms with Crippen molar-refractivity contribution in [2.45, 2.75) is 37.0 Å². The van der Waals surface area contributed by atoms with Crippen LogP contribution in [0.1, 0.15) is 24.8 Å². The van der Waals surface area contributed by atoms with Crippen molar-refractivity contribution in [2.75, 3.05) is 56.6 Å². The number of thiophene rings is 1. The number of aromatic nitrogens is 2. The molecule has 0 amide bonds. The summed E-state index contributed by atoms with van der Waals surface area (Å²) < 4.78 is 58.8. The number of nitrogens with two attached hydrogens (primary N) is 1. The van der Waals surface area contributed by atoms with Crippen LogP contribution in [0.25, 0.3) is 32.1 Å². The number of nitrogen functional groups attached to an aromatic ring is 1. The molecule has 14 heteroatoms. The number of fused-ring (bicyclic) bond motifs is 2. The zero-order chi connectivity index (χ0) is 30.3. The summed E-state index contributed by atoms with van der Waals surface area (Å²) in [5.74, 6) is -0.730. The summed E-state index contributed by atoms with van der Waals surface area (Å²) in [5, 5.41) is 13.7. The maximum absolute atomic E-state index is 17.0. The minimum Gasteiger partial charge on any atom is -0.489 e. The first-order valence-electron chi connectivity index (χ1n) is 14.6. The summed E-state index contributed by atoms with van der Waals surface area (Å²) >= 11 is 7.87. The number of alkyl halides is 1. The number of rotatable bonds is 5. The van der Waals surface area contributed by atoms with Gasteiger partial charge in [-0.15, -0.1) is 11.3 Å². The highest BCUT2D eigenvalue weighted by atomic mass is 35.5. The Morgan fingerprint density at radius 3 is 2.86 bits per heavy atom. The molecule has 2 aromatic carbocycles. The van der Waals surface area contributed by atoms with Gasteiger partial charge in [-0.05, 0) is 31.0 Å². The Morgan fingerprint density at radius 1 is 1.25 bits per heavy atom. The maximum Gasteiger partial charge on any atom is 0.319 e. The van der Waals surface area contributed by atoms with E-state index in [2.05, 4.69) is 20.1 Å². The SMILES string of the molecule is N#Cc1c(N)sc2c(F)ccc(-c3c(Cl)c4c5c(nc(OC[C@@]67CCCN6C[C@H](F)C7)nc5c3F)N(C3CNC3)CCO4)c12. The average Bonchev–Trinajstić information content (AvgIpc) is 3.57. The molecule has 6 heterocycles. The average molecular weight is 642 g/mol. The molecule has 228 valence electrons. The molecule has 4 aliphatic rings. The molecule has 8 rings (SSSR count). The van der Waals surface area contributed by atoms with Crippen LogP contribution in [0, 0.1) is 23.0 Å². The summed E-state index contributed by atoms with van der Waals surface area (Å²) in [5.41, 5.74) is 5.70. The first-order valence-corrected chi connectivity index (χ1v) is 15.7. The monoisotopic (exact) mass is 641 g/mol. The van der Waals surface area contributed by atoms with Crippen molar-refractivity contribution < 1.29 is 22.6 Å². The number of halogens is 4. The molecule has 2 atom stereocenters. The van der Waals surface area contributed by atoms with Gasteiger partial charge < -0.3 is 25.4 Å². The van der Waals surface area contributed by atoms with Crippen LogP contribution >= 0.6 is 22.9 Å². The van der Waals surface area contributed by atoms with Crippen molar-refractivity contribution in [3.05, 3.63) is 34.4 Å². The summed E-state index contributed by atoms with van der Waals surface area (Å²) in [6, 6.07) is 4.67. The van der Waals surface area contributed by atoms with Crippen LogP contribution in [0.4, 0.5) is 24.0 Å². The zero-order valence-electron chi connectivity index (χ0n) is 23.4. The van der Waals surface area contributed by atoms with Crippen LogP contribution in [-0.2, 0) is 0 Å².